The van der Waals surface area contributed by atoms with Crippen molar-refractivity contribution >= 4 is 20.2 Å². The number of hydrogen-bond donors (Lipinski definition) is 1. The van der Waals surface area contributed by atoms with E-state index in [4.69, 9.17) is 0 Å². The second-order valence-corrected chi connectivity index (χ2v) is 11.8. The monoisotopic (exact) mass is 410 g/mol. The molecule has 1 nitrogen and oxygen atoms in total. The Kier molecular flexibility index (Phi) is 5.03. The van der Waals surface area contributed by atoms with Crippen LogP contribution in [0.15, 0.2) is 48.5 Å². The first-order valence-corrected chi connectivity index (χ1v) is 10.8. The maximum atomic E-state index is 10.7. The van der Waals surface area contributed by atoms with E-state index in [-0.39, 0.29) is 10.8 Å². The van der Waals surface area contributed by atoms with Gasteiger partial charge in [0, 0.05) is 0 Å². The second kappa shape index (κ2) is 6.32. The van der Waals surface area contributed by atoms with Gasteiger partial charge < -0.3 is 0 Å². The standard InChI is InChI=1S/C20H27IO/c1-19(2,3)15-7-11-17(12-8-15)21(22)18-13-9-16(10-14-18)20(4,5)6/h7-14,22H,1-6H3. The van der Waals surface area contributed by atoms with Gasteiger partial charge in [-0.25, -0.2) is 0 Å². The predicted molar refractivity (Wildman–Crippen MR) is 104 cm³/mol. The summed E-state index contributed by atoms with van der Waals surface area (Å²) in [4.78, 5) is 0. The van der Waals surface area contributed by atoms with Gasteiger partial charge in [-0.15, -0.1) is 0 Å². The molecule has 0 saturated heterocycles. The van der Waals surface area contributed by atoms with Gasteiger partial charge in [0.25, 0.3) is 0 Å². The summed E-state index contributed by atoms with van der Waals surface area (Å²) in [6.07, 6.45) is 0. The van der Waals surface area contributed by atoms with Crippen molar-refractivity contribution in [3.8, 4) is 0 Å². The summed E-state index contributed by atoms with van der Waals surface area (Å²) in [7, 11) is 0. The molecular weight excluding hydrogens is 383 g/mol. The van der Waals surface area contributed by atoms with Crippen LogP contribution in [-0.4, -0.2) is 3.44 Å². The SMILES string of the molecule is CC(C)(C)c1ccc(I(O)c2ccc(C(C)(C)C)cc2)cc1. The summed E-state index contributed by atoms with van der Waals surface area (Å²) >= 11 is -2.26. The van der Waals surface area contributed by atoms with Gasteiger partial charge in [0.2, 0.25) is 0 Å². The van der Waals surface area contributed by atoms with E-state index in [1.165, 1.54) is 11.1 Å². The minimum atomic E-state index is -2.26. The van der Waals surface area contributed by atoms with Crippen LogP contribution in [0.2, 0.25) is 0 Å². The van der Waals surface area contributed by atoms with Crippen LogP contribution in [0.5, 0.6) is 0 Å². The Morgan fingerprint density at radius 2 is 0.864 bits per heavy atom. The summed E-state index contributed by atoms with van der Waals surface area (Å²) in [5, 5.41) is 0. The van der Waals surface area contributed by atoms with E-state index in [0.29, 0.717) is 0 Å². The van der Waals surface area contributed by atoms with Crippen LogP contribution in [0.25, 0.3) is 0 Å². The molecule has 0 bridgehead atoms. The van der Waals surface area contributed by atoms with Gasteiger partial charge in [-0.05, 0) is 0 Å². The first-order chi connectivity index (χ1) is 10.1. The number of benzene rings is 2. The zero-order valence-corrected chi connectivity index (χ0v) is 16.6. The Bertz CT molecular complexity index is 555. The number of rotatable bonds is 2. The minimum absolute atomic E-state index is 0.154. The fraction of sp³-hybridized carbons (Fsp3) is 0.400. The van der Waals surface area contributed by atoms with Crippen molar-refractivity contribution < 1.29 is 3.44 Å². The van der Waals surface area contributed by atoms with Gasteiger partial charge in [0.15, 0.2) is 0 Å². The van der Waals surface area contributed by atoms with Crippen molar-refractivity contribution in [2.75, 3.05) is 0 Å². The molecule has 0 spiro atoms. The van der Waals surface area contributed by atoms with Crippen molar-refractivity contribution in [1.82, 2.24) is 0 Å². The van der Waals surface area contributed by atoms with E-state index in [2.05, 4.69) is 90.1 Å². The Morgan fingerprint density at radius 3 is 1.09 bits per heavy atom. The molecule has 2 rings (SSSR count). The molecule has 0 atom stereocenters. The molecule has 1 N–H and O–H groups in total. The average Bonchev–Trinajstić information content (AvgIpc) is 2.45. The van der Waals surface area contributed by atoms with E-state index in [0.717, 1.165) is 7.14 Å². The van der Waals surface area contributed by atoms with Crippen molar-refractivity contribution in [3.05, 3.63) is 66.8 Å². The summed E-state index contributed by atoms with van der Waals surface area (Å²) in [5.74, 6) is 0. The van der Waals surface area contributed by atoms with Crippen LogP contribution >= 0.6 is 20.2 Å². The molecule has 0 heterocycles. The van der Waals surface area contributed by atoms with Crippen LogP contribution in [0.4, 0.5) is 0 Å². The Hall–Kier alpha value is -0.870. The van der Waals surface area contributed by atoms with Crippen LogP contribution in [0.1, 0.15) is 52.7 Å². The molecule has 0 amide bonds. The average molecular weight is 410 g/mol. The normalized spacial score (nSPS) is 13.1. The summed E-state index contributed by atoms with van der Waals surface area (Å²) < 4.78 is 12.9. The van der Waals surface area contributed by atoms with Crippen molar-refractivity contribution in [1.29, 1.82) is 0 Å². The van der Waals surface area contributed by atoms with Crippen LogP contribution in [0.3, 0.4) is 0 Å². The third-order valence-electron chi connectivity index (χ3n) is 3.83. The molecule has 0 unspecified atom stereocenters. The van der Waals surface area contributed by atoms with Gasteiger partial charge in [-0.2, -0.15) is 0 Å². The number of hydrogen-bond acceptors (Lipinski definition) is 1. The Balaban J connectivity index is 2.23. The predicted octanol–water partition coefficient (Wildman–Crippen LogP) is 5.73. The Labute approximate surface area is 142 Å². The first-order valence-electron chi connectivity index (χ1n) is 7.69. The van der Waals surface area contributed by atoms with Gasteiger partial charge in [0.1, 0.15) is 0 Å². The second-order valence-electron chi connectivity index (χ2n) is 7.78. The van der Waals surface area contributed by atoms with Gasteiger partial charge >= 0.3 is 143 Å². The third kappa shape index (κ3) is 4.11. The van der Waals surface area contributed by atoms with Gasteiger partial charge in [-0.3, -0.25) is 0 Å². The van der Waals surface area contributed by atoms with E-state index in [1.54, 1.807) is 0 Å². The number of halogens is 1. The molecule has 22 heavy (non-hydrogen) atoms. The third-order valence-corrected chi connectivity index (χ3v) is 7.63. The fourth-order valence-corrected chi connectivity index (χ4v) is 5.07. The van der Waals surface area contributed by atoms with Crippen LogP contribution < -0.4 is 0 Å². The molecule has 0 aliphatic carbocycles. The quantitative estimate of drug-likeness (QED) is 0.627. The van der Waals surface area contributed by atoms with Crippen molar-refractivity contribution in [2.45, 2.75) is 52.4 Å². The topological polar surface area (TPSA) is 20.2 Å². The Morgan fingerprint density at radius 1 is 0.591 bits per heavy atom. The molecule has 0 aromatic heterocycles. The van der Waals surface area contributed by atoms with Crippen molar-refractivity contribution in [3.63, 3.8) is 0 Å². The molecule has 0 aliphatic heterocycles. The molecule has 0 aliphatic rings. The molecule has 2 aromatic carbocycles. The van der Waals surface area contributed by atoms with E-state index in [9.17, 15) is 3.44 Å². The molecular formula is C20H27IO. The van der Waals surface area contributed by atoms with Crippen LogP contribution in [-0.2, 0) is 10.8 Å². The zero-order valence-electron chi connectivity index (χ0n) is 14.4. The summed E-state index contributed by atoms with van der Waals surface area (Å²) in [6, 6.07) is 17.0. The maximum absolute atomic E-state index is 10.7. The molecule has 0 fully saturated rings. The van der Waals surface area contributed by atoms with Crippen LogP contribution in [0, 0.1) is 7.14 Å². The van der Waals surface area contributed by atoms with E-state index >= 15 is 0 Å². The fourth-order valence-electron chi connectivity index (χ4n) is 2.26. The summed E-state index contributed by atoms with van der Waals surface area (Å²) in [6.45, 7) is 13.3. The first kappa shape index (κ1) is 17.5. The molecule has 2 heteroatoms. The summed E-state index contributed by atoms with van der Waals surface area (Å²) in [5.41, 5.74) is 2.93. The van der Waals surface area contributed by atoms with E-state index in [1.807, 2.05) is 0 Å². The zero-order chi connectivity index (χ0) is 16.5. The van der Waals surface area contributed by atoms with Crippen molar-refractivity contribution in [2.24, 2.45) is 0 Å². The van der Waals surface area contributed by atoms with Gasteiger partial charge in [-0.1, -0.05) is 0 Å². The van der Waals surface area contributed by atoms with Gasteiger partial charge in [0.05, 0.1) is 0 Å². The molecule has 2 aromatic rings. The molecule has 0 radical (unpaired) electrons. The van der Waals surface area contributed by atoms with E-state index < -0.39 is 20.2 Å². The molecule has 120 valence electrons. The molecule has 0 saturated carbocycles.